The van der Waals surface area contributed by atoms with Gasteiger partial charge in [-0.3, -0.25) is 9.59 Å². The summed E-state index contributed by atoms with van der Waals surface area (Å²) in [5, 5.41) is 2.98. The Kier molecular flexibility index (Phi) is 5.46. The Hall–Kier alpha value is -2.95. The van der Waals surface area contributed by atoms with Gasteiger partial charge in [-0.25, -0.2) is 4.39 Å². The molecule has 0 fully saturated rings. The highest BCUT2D eigenvalue weighted by Gasteiger charge is 2.39. The van der Waals surface area contributed by atoms with Gasteiger partial charge >= 0.3 is 5.97 Å². The Morgan fingerprint density at radius 2 is 1.85 bits per heavy atom. The maximum atomic E-state index is 13.9. The monoisotopic (exact) mass is 353 g/mol. The lowest BCUT2D eigenvalue weighted by Gasteiger charge is -2.29. The summed E-state index contributed by atoms with van der Waals surface area (Å²) in [4.78, 5) is 25.0. The second-order valence-corrected chi connectivity index (χ2v) is 6.13. The van der Waals surface area contributed by atoms with E-state index in [-0.39, 0.29) is 18.3 Å². The van der Waals surface area contributed by atoms with Crippen LogP contribution < -0.4 is 5.32 Å². The van der Waals surface area contributed by atoms with Gasteiger partial charge in [-0.05, 0) is 31.0 Å². The largest absolute Gasteiger partial charge is 0.465 e. The second kappa shape index (κ2) is 7.95. The molecule has 0 saturated heterocycles. The van der Waals surface area contributed by atoms with Crippen LogP contribution in [0.5, 0.6) is 0 Å². The first-order valence-electron chi connectivity index (χ1n) is 8.57. The zero-order valence-electron chi connectivity index (χ0n) is 14.4. The SMILES string of the molecule is CCOC(=O)[C@@H]1C(=O)C=C(Nc2ccccc2F)C[C@H]1c1ccccc1. The summed E-state index contributed by atoms with van der Waals surface area (Å²) in [5.74, 6) is -2.50. The fraction of sp³-hybridized carbons (Fsp3) is 0.238. The standard InChI is InChI=1S/C21H20FNO3/c1-2-26-21(25)20-16(14-8-4-3-5-9-14)12-15(13-19(20)24)23-18-11-7-6-10-17(18)22/h3-11,13,16,20,23H,2,12H2,1H3/t16-,20-/m0/s1. The molecule has 134 valence electrons. The minimum Gasteiger partial charge on any atom is -0.465 e. The molecule has 0 saturated carbocycles. The first-order chi connectivity index (χ1) is 12.6. The van der Waals surface area contributed by atoms with Gasteiger partial charge in [0.2, 0.25) is 0 Å². The molecule has 0 radical (unpaired) electrons. The van der Waals surface area contributed by atoms with Crippen LogP contribution in [0.2, 0.25) is 0 Å². The molecule has 2 aromatic carbocycles. The molecular weight excluding hydrogens is 333 g/mol. The molecule has 0 amide bonds. The molecule has 0 unspecified atom stereocenters. The number of hydrogen-bond donors (Lipinski definition) is 1. The van der Waals surface area contributed by atoms with Crippen LogP contribution in [0.3, 0.4) is 0 Å². The van der Waals surface area contributed by atoms with Crippen LogP contribution in [-0.4, -0.2) is 18.4 Å². The lowest BCUT2D eigenvalue weighted by Crippen LogP contribution is -2.35. The van der Waals surface area contributed by atoms with E-state index in [0.29, 0.717) is 17.8 Å². The molecule has 2 atom stereocenters. The minimum absolute atomic E-state index is 0.216. The first-order valence-corrected chi connectivity index (χ1v) is 8.57. The van der Waals surface area contributed by atoms with E-state index in [0.717, 1.165) is 5.56 Å². The third-order valence-electron chi connectivity index (χ3n) is 4.40. The number of carbonyl (C=O) groups excluding carboxylic acids is 2. The predicted molar refractivity (Wildman–Crippen MR) is 97.0 cm³/mol. The molecule has 0 aliphatic heterocycles. The van der Waals surface area contributed by atoms with Gasteiger partial charge in [0.05, 0.1) is 12.3 Å². The van der Waals surface area contributed by atoms with Gasteiger partial charge in [-0.2, -0.15) is 0 Å². The number of benzene rings is 2. The van der Waals surface area contributed by atoms with Crippen LogP contribution in [-0.2, 0) is 14.3 Å². The van der Waals surface area contributed by atoms with Crippen molar-refractivity contribution in [1.29, 1.82) is 0 Å². The highest BCUT2D eigenvalue weighted by molar-refractivity contribution is 6.07. The van der Waals surface area contributed by atoms with E-state index in [1.807, 2.05) is 30.3 Å². The van der Waals surface area contributed by atoms with Crippen LogP contribution in [0.4, 0.5) is 10.1 Å². The number of anilines is 1. The highest BCUT2D eigenvalue weighted by atomic mass is 19.1. The molecule has 0 heterocycles. The number of allylic oxidation sites excluding steroid dienone is 2. The zero-order valence-corrected chi connectivity index (χ0v) is 14.4. The van der Waals surface area contributed by atoms with E-state index in [2.05, 4.69) is 5.32 Å². The summed E-state index contributed by atoms with van der Waals surface area (Å²) < 4.78 is 19.0. The van der Waals surface area contributed by atoms with Gasteiger partial charge in [0.1, 0.15) is 11.7 Å². The van der Waals surface area contributed by atoms with E-state index in [9.17, 15) is 14.0 Å². The summed E-state index contributed by atoms with van der Waals surface area (Å²) in [6, 6.07) is 15.7. The van der Waals surface area contributed by atoms with Crippen molar-refractivity contribution >= 4 is 17.4 Å². The smallest absolute Gasteiger partial charge is 0.317 e. The van der Waals surface area contributed by atoms with Crippen molar-refractivity contribution in [3.63, 3.8) is 0 Å². The average Bonchev–Trinajstić information content (AvgIpc) is 2.64. The Bertz CT molecular complexity index is 832. The number of nitrogens with one attached hydrogen (secondary N) is 1. The van der Waals surface area contributed by atoms with Gasteiger partial charge in [0, 0.05) is 17.7 Å². The Morgan fingerprint density at radius 1 is 1.15 bits per heavy atom. The summed E-state index contributed by atoms with van der Waals surface area (Å²) in [6.45, 7) is 1.93. The third-order valence-corrected chi connectivity index (χ3v) is 4.40. The van der Waals surface area contributed by atoms with Gasteiger partial charge in [-0.1, -0.05) is 42.5 Å². The van der Waals surface area contributed by atoms with Crippen molar-refractivity contribution in [2.75, 3.05) is 11.9 Å². The van der Waals surface area contributed by atoms with Crippen LogP contribution in [0.25, 0.3) is 0 Å². The van der Waals surface area contributed by atoms with Gasteiger partial charge < -0.3 is 10.1 Å². The van der Waals surface area contributed by atoms with Crippen LogP contribution >= 0.6 is 0 Å². The number of hydrogen-bond acceptors (Lipinski definition) is 4. The molecule has 2 aromatic rings. The molecule has 4 nitrogen and oxygen atoms in total. The van der Waals surface area contributed by atoms with Crippen molar-refractivity contribution in [1.82, 2.24) is 0 Å². The predicted octanol–water partition coefficient (Wildman–Crippen LogP) is 4.06. The molecular formula is C21H20FNO3. The van der Waals surface area contributed by atoms with Crippen LogP contribution in [0, 0.1) is 11.7 Å². The number of carbonyl (C=O) groups is 2. The Morgan fingerprint density at radius 3 is 2.54 bits per heavy atom. The average molecular weight is 353 g/mol. The van der Waals surface area contributed by atoms with Crippen molar-refractivity contribution in [2.45, 2.75) is 19.3 Å². The van der Waals surface area contributed by atoms with Crippen LogP contribution in [0.15, 0.2) is 66.4 Å². The van der Waals surface area contributed by atoms with Crippen molar-refractivity contribution < 1.29 is 18.7 Å². The molecule has 3 rings (SSSR count). The zero-order chi connectivity index (χ0) is 18.5. The first kappa shape index (κ1) is 17.9. The topological polar surface area (TPSA) is 55.4 Å². The van der Waals surface area contributed by atoms with Gasteiger partial charge in [0.15, 0.2) is 5.78 Å². The minimum atomic E-state index is -0.886. The normalized spacial score (nSPS) is 19.6. The fourth-order valence-electron chi connectivity index (χ4n) is 3.22. The van der Waals surface area contributed by atoms with E-state index in [1.54, 1.807) is 25.1 Å². The molecule has 0 spiro atoms. The van der Waals surface area contributed by atoms with Gasteiger partial charge in [0.25, 0.3) is 0 Å². The number of halogens is 1. The quantitative estimate of drug-likeness (QED) is 0.651. The molecule has 1 N–H and O–H groups in total. The highest BCUT2D eigenvalue weighted by Crippen LogP contribution is 2.37. The second-order valence-electron chi connectivity index (χ2n) is 6.13. The Labute approximate surface area is 151 Å². The number of esters is 1. The molecule has 26 heavy (non-hydrogen) atoms. The Balaban J connectivity index is 1.93. The summed E-state index contributed by atoms with van der Waals surface area (Å²) >= 11 is 0. The molecule has 1 aliphatic rings. The molecule has 5 heteroatoms. The van der Waals surface area contributed by atoms with E-state index in [1.165, 1.54) is 12.1 Å². The summed E-state index contributed by atoms with van der Waals surface area (Å²) in [5.41, 5.74) is 1.75. The van der Waals surface area contributed by atoms with Crippen molar-refractivity contribution in [2.24, 2.45) is 5.92 Å². The molecule has 0 bridgehead atoms. The van der Waals surface area contributed by atoms with Gasteiger partial charge in [-0.15, -0.1) is 0 Å². The molecule has 1 aliphatic carbocycles. The number of ether oxygens (including phenoxy) is 1. The fourth-order valence-corrected chi connectivity index (χ4v) is 3.22. The van der Waals surface area contributed by atoms with Crippen molar-refractivity contribution in [3.05, 3.63) is 77.8 Å². The molecule has 0 aromatic heterocycles. The third kappa shape index (κ3) is 3.82. The van der Waals surface area contributed by atoms with E-state index in [4.69, 9.17) is 4.74 Å². The van der Waals surface area contributed by atoms with Crippen molar-refractivity contribution in [3.8, 4) is 0 Å². The summed E-state index contributed by atoms with van der Waals surface area (Å²) in [7, 11) is 0. The van der Waals surface area contributed by atoms with E-state index >= 15 is 0 Å². The maximum Gasteiger partial charge on any atom is 0.317 e. The maximum absolute atomic E-state index is 13.9. The summed E-state index contributed by atoms with van der Waals surface area (Å²) in [6.07, 6.45) is 1.79. The number of para-hydroxylation sites is 1. The number of ketones is 1. The van der Waals surface area contributed by atoms with Crippen LogP contribution in [0.1, 0.15) is 24.8 Å². The van der Waals surface area contributed by atoms with E-state index < -0.39 is 17.7 Å². The lowest BCUT2D eigenvalue weighted by molar-refractivity contribution is -0.151. The lowest BCUT2D eigenvalue weighted by atomic mass is 9.76. The number of rotatable bonds is 5.